The SMILES string of the molecule is Cc1ccc(Br)cc1S(=O)(=O)NCC1CNCCO1. The van der Waals surface area contributed by atoms with E-state index in [1.54, 1.807) is 19.1 Å². The van der Waals surface area contributed by atoms with E-state index in [-0.39, 0.29) is 12.6 Å². The minimum absolute atomic E-state index is 0.115. The molecule has 1 aromatic rings. The van der Waals surface area contributed by atoms with Crippen LogP contribution >= 0.6 is 15.9 Å². The van der Waals surface area contributed by atoms with Crippen LogP contribution in [0.15, 0.2) is 27.6 Å². The lowest BCUT2D eigenvalue weighted by atomic mass is 10.2. The molecule has 0 aromatic heterocycles. The first-order valence-corrected chi connectivity index (χ1v) is 8.35. The van der Waals surface area contributed by atoms with E-state index in [4.69, 9.17) is 4.74 Å². The molecule has 0 spiro atoms. The second kappa shape index (κ2) is 6.32. The monoisotopic (exact) mass is 348 g/mol. The summed E-state index contributed by atoms with van der Waals surface area (Å²) in [4.78, 5) is 0.297. The highest BCUT2D eigenvalue weighted by Crippen LogP contribution is 2.20. The first-order valence-electron chi connectivity index (χ1n) is 6.07. The molecule has 19 heavy (non-hydrogen) atoms. The standard InChI is InChI=1S/C12H17BrN2O3S/c1-9-2-3-10(13)6-12(9)19(16,17)15-8-11-7-14-4-5-18-11/h2-3,6,11,14-15H,4-5,7-8H2,1H3. The molecule has 7 heteroatoms. The van der Waals surface area contributed by atoms with Gasteiger partial charge in [-0.2, -0.15) is 0 Å². The van der Waals surface area contributed by atoms with Crippen LogP contribution in [0.4, 0.5) is 0 Å². The normalized spacial score (nSPS) is 20.4. The Kier molecular flexibility index (Phi) is 4.97. The smallest absolute Gasteiger partial charge is 0.240 e. The topological polar surface area (TPSA) is 67.4 Å². The highest BCUT2D eigenvalue weighted by molar-refractivity contribution is 9.10. The molecule has 0 saturated carbocycles. The minimum atomic E-state index is -3.50. The molecule has 2 rings (SSSR count). The molecule has 1 heterocycles. The first-order chi connectivity index (χ1) is 8.99. The summed E-state index contributed by atoms with van der Waals surface area (Å²) in [5, 5.41) is 3.16. The van der Waals surface area contributed by atoms with Crippen LogP contribution in [0.25, 0.3) is 0 Å². The summed E-state index contributed by atoms with van der Waals surface area (Å²) in [6.07, 6.45) is -0.115. The maximum atomic E-state index is 12.2. The number of sulfonamides is 1. The maximum absolute atomic E-state index is 12.2. The Balaban J connectivity index is 2.07. The van der Waals surface area contributed by atoms with E-state index < -0.39 is 10.0 Å². The van der Waals surface area contributed by atoms with Crippen LogP contribution < -0.4 is 10.0 Å². The molecule has 0 bridgehead atoms. The van der Waals surface area contributed by atoms with Crippen molar-refractivity contribution >= 4 is 26.0 Å². The van der Waals surface area contributed by atoms with Crippen LogP contribution in [0.2, 0.25) is 0 Å². The molecular formula is C12H17BrN2O3S. The number of nitrogens with one attached hydrogen (secondary N) is 2. The Morgan fingerprint density at radius 3 is 3.00 bits per heavy atom. The quantitative estimate of drug-likeness (QED) is 0.852. The zero-order chi connectivity index (χ0) is 13.9. The van der Waals surface area contributed by atoms with Crippen molar-refractivity contribution in [2.24, 2.45) is 0 Å². The zero-order valence-corrected chi connectivity index (χ0v) is 13.1. The second-order valence-corrected chi connectivity index (χ2v) is 7.11. The number of aryl methyl sites for hydroxylation is 1. The predicted octanol–water partition coefficient (Wildman–Crippen LogP) is 1.02. The fourth-order valence-corrected chi connectivity index (χ4v) is 3.74. The van der Waals surface area contributed by atoms with Crippen molar-refractivity contribution in [2.75, 3.05) is 26.2 Å². The van der Waals surface area contributed by atoms with Gasteiger partial charge in [0.2, 0.25) is 10.0 Å². The largest absolute Gasteiger partial charge is 0.374 e. The van der Waals surface area contributed by atoms with E-state index in [1.807, 2.05) is 6.07 Å². The van der Waals surface area contributed by atoms with Gasteiger partial charge in [-0.1, -0.05) is 22.0 Å². The van der Waals surface area contributed by atoms with Crippen LogP contribution in [-0.4, -0.2) is 40.8 Å². The van der Waals surface area contributed by atoms with Gasteiger partial charge >= 0.3 is 0 Å². The molecule has 1 atom stereocenters. The highest BCUT2D eigenvalue weighted by Gasteiger charge is 2.20. The Bertz CT molecular complexity index is 542. The van der Waals surface area contributed by atoms with E-state index in [0.717, 1.165) is 16.6 Å². The third kappa shape index (κ3) is 4.00. The Morgan fingerprint density at radius 2 is 2.32 bits per heavy atom. The number of hydrogen-bond acceptors (Lipinski definition) is 4. The molecule has 1 saturated heterocycles. The molecule has 5 nitrogen and oxygen atoms in total. The molecule has 0 amide bonds. The summed E-state index contributed by atoms with van der Waals surface area (Å²) >= 11 is 3.29. The molecular weight excluding hydrogens is 332 g/mol. The first kappa shape index (κ1) is 14.9. The summed E-state index contributed by atoms with van der Waals surface area (Å²) in [7, 11) is -3.50. The highest BCUT2D eigenvalue weighted by atomic mass is 79.9. The molecule has 1 aromatic carbocycles. The fourth-order valence-electron chi connectivity index (χ4n) is 1.89. The summed E-state index contributed by atoms with van der Waals surface area (Å²) in [6, 6.07) is 5.21. The number of hydrogen-bond donors (Lipinski definition) is 2. The molecule has 2 N–H and O–H groups in total. The van der Waals surface area contributed by atoms with Gasteiger partial charge < -0.3 is 10.1 Å². The average Bonchev–Trinajstić information content (AvgIpc) is 2.40. The number of rotatable bonds is 4. The Morgan fingerprint density at radius 1 is 1.53 bits per heavy atom. The Hall–Kier alpha value is -0.470. The van der Waals surface area contributed by atoms with Gasteiger partial charge in [-0.25, -0.2) is 13.1 Å². The Labute approximate surface area is 121 Å². The van der Waals surface area contributed by atoms with Crippen molar-refractivity contribution in [3.63, 3.8) is 0 Å². The molecule has 1 unspecified atom stereocenters. The molecule has 0 aliphatic carbocycles. The van der Waals surface area contributed by atoms with Gasteiger partial charge in [-0.15, -0.1) is 0 Å². The predicted molar refractivity (Wildman–Crippen MR) is 76.7 cm³/mol. The van der Waals surface area contributed by atoms with E-state index in [2.05, 4.69) is 26.0 Å². The van der Waals surface area contributed by atoms with E-state index in [9.17, 15) is 8.42 Å². The lowest BCUT2D eigenvalue weighted by molar-refractivity contribution is 0.0324. The second-order valence-electron chi connectivity index (χ2n) is 4.46. The van der Waals surface area contributed by atoms with Crippen molar-refractivity contribution in [1.82, 2.24) is 10.0 Å². The van der Waals surface area contributed by atoms with Gasteiger partial charge in [0, 0.05) is 24.1 Å². The van der Waals surface area contributed by atoms with Crippen LogP contribution in [0.1, 0.15) is 5.56 Å². The van der Waals surface area contributed by atoms with Gasteiger partial charge in [0.05, 0.1) is 17.6 Å². The van der Waals surface area contributed by atoms with E-state index >= 15 is 0 Å². The van der Waals surface area contributed by atoms with Gasteiger partial charge in [0.15, 0.2) is 0 Å². The van der Waals surface area contributed by atoms with Crippen LogP contribution in [0.3, 0.4) is 0 Å². The van der Waals surface area contributed by atoms with Gasteiger partial charge in [0.25, 0.3) is 0 Å². The van der Waals surface area contributed by atoms with Gasteiger partial charge in [-0.3, -0.25) is 0 Å². The number of halogens is 1. The molecule has 0 radical (unpaired) electrons. The van der Waals surface area contributed by atoms with Crippen molar-refractivity contribution in [3.05, 3.63) is 28.2 Å². The number of morpholine rings is 1. The van der Waals surface area contributed by atoms with Gasteiger partial charge in [0.1, 0.15) is 0 Å². The summed E-state index contributed by atoms with van der Waals surface area (Å²) in [5.41, 5.74) is 0.721. The third-order valence-electron chi connectivity index (χ3n) is 2.95. The van der Waals surface area contributed by atoms with Crippen molar-refractivity contribution in [3.8, 4) is 0 Å². The van der Waals surface area contributed by atoms with Crippen molar-refractivity contribution < 1.29 is 13.2 Å². The van der Waals surface area contributed by atoms with Crippen LogP contribution in [0.5, 0.6) is 0 Å². The molecule has 1 aliphatic rings. The van der Waals surface area contributed by atoms with E-state index in [0.29, 0.717) is 18.0 Å². The summed E-state index contributed by atoms with van der Waals surface area (Å²) < 4.78 is 33.3. The van der Waals surface area contributed by atoms with Crippen LogP contribution in [-0.2, 0) is 14.8 Å². The van der Waals surface area contributed by atoms with Gasteiger partial charge in [-0.05, 0) is 24.6 Å². The van der Waals surface area contributed by atoms with Crippen molar-refractivity contribution in [2.45, 2.75) is 17.9 Å². The zero-order valence-electron chi connectivity index (χ0n) is 10.6. The number of benzene rings is 1. The summed E-state index contributed by atoms with van der Waals surface area (Å²) in [5.74, 6) is 0. The fraction of sp³-hybridized carbons (Fsp3) is 0.500. The number of ether oxygens (including phenoxy) is 1. The minimum Gasteiger partial charge on any atom is -0.374 e. The molecule has 1 fully saturated rings. The van der Waals surface area contributed by atoms with Crippen LogP contribution in [0, 0.1) is 6.92 Å². The molecule has 1 aliphatic heterocycles. The third-order valence-corrected chi connectivity index (χ3v) is 5.00. The average molecular weight is 349 g/mol. The lowest BCUT2D eigenvalue weighted by Crippen LogP contribution is -2.45. The molecule has 106 valence electrons. The van der Waals surface area contributed by atoms with E-state index in [1.165, 1.54) is 0 Å². The summed E-state index contributed by atoms with van der Waals surface area (Å²) in [6.45, 7) is 4.15. The van der Waals surface area contributed by atoms with Crippen molar-refractivity contribution in [1.29, 1.82) is 0 Å². The maximum Gasteiger partial charge on any atom is 0.240 e. The lowest BCUT2D eigenvalue weighted by Gasteiger charge is -2.23.